The van der Waals surface area contributed by atoms with Gasteiger partial charge in [0.15, 0.2) is 12.2 Å². The lowest BCUT2D eigenvalue weighted by atomic mass is 10.1. The summed E-state index contributed by atoms with van der Waals surface area (Å²) in [6.45, 7) is 0.561. The van der Waals surface area contributed by atoms with Crippen molar-refractivity contribution in [1.82, 2.24) is 0 Å². The number of benzene rings is 3. The van der Waals surface area contributed by atoms with Crippen LogP contribution in [0.15, 0.2) is 78.9 Å². The van der Waals surface area contributed by atoms with Gasteiger partial charge in [-0.3, -0.25) is 19.8 Å². The number of amides is 3. The number of ether oxygens (including phenoxy) is 2. The minimum atomic E-state index is -1.75. The molecular weight excluding hydrogens is 538 g/mol. The monoisotopic (exact) mass is 567 g/mol. The van der Waals surface area contributed by atoms with Crippen molar-refractivity contribution in [3.8, 4) is 0 Å². The van der Waals surface area contributed by atoms with Crippen molar-refractivity contribution in [2.24, 2.45) is 5.73 Å². The summed E-state index contributed by atoms with van der Waals surface area (Å²) < 4.78 is 10.9. The van der Waals surface area contributed by atoms with Crippen LogP contribution in [0, 0.1) is 5.41 Å². The highest BCUT2D eigenvalue weighted by atomic mass is 35.5. The van der Waals surface area contributed by atoms with Gasteiger partial charge in [-0.2, -0.15) is 0 Å². The summed E-state index contributed by atoms with van der Waals surface area (Å²) in [6.07, 6.45) is -3.14. The van der Waals surface area contributed by atoms with E-state index in [1.54, 1.807) is 36.4 Å². The Hall–Kier alpha value is -4.29. The molecule has 12 heteroatoms. The third-order valence-corrected chi connectivity index (χ3v) is 5.95. The number of hydrogen-bond acceptors (Lipinski definition) is 7. The zero-order valence-electron chi connectivity index (χ0n) is 21.4. The molecule has 3 aromatic rings. The van der Waals surface area contributed by atoms with Crippen LogP contribution in [0.25, 0.3) is 0 Å². The topological polar surface area (TPSA) is 167 Å². The first-order valence-electron chi connectivity index (χ1n) is 12.2. The van der Waals surface area contributed by atoms with E-state index < -0.39 is 24.0 Å². The van der Waals surface area contributed by atoms with E-state index in [1.165, 1.54) is 17.0 Å². The first kappa shape index (κ1) is 30.3. The average Bonchev–Trinajstić information content (AvgIpc) is 2.94. The van der Waals surface area contributed by atoms with Crippen LogP contribution in [0.5, 0.6) is 0 Å². The standard InChI is InChI=1S/C28H29N5O6.ClH/c29-26(30)19-6-8-21(9-7-19)32-27(36)24(35)25-28(37)33(14-15-39-25)22-12-10-20(11-13-22)31-23(34)17-38-16-18-4-2-1-3-5-18;/h1-13,24-25,35H,14-17H2,(H3,29,30)(H,31,34)(H,32,36);1H/t24?,25-;/m1./s1. The number of carbonyl (C=O) groups is 3. The van der Waals surface area contributed by atoms with Gasteiger partial charge in [-0.1, -0.05) is 30.3 Å². The number of aliphatic hydroxyl groups is 1. The van der Waals surface area contributed by atoms with Crippen LogP contribution < -0.4 is 21.3 Å². The van der Waals surface area contributed by atoms with Gasteiger partial charge in [-0.25, -0.2) is 0 Å². The summed E-state index contributed by atoms with van der Waals surface area (Å²) in [7, 11) is 0. The van der Waals surface area contributed by atoms with Crippen molar-refractivity contribution in [3.05, 3.63) is 90.0 Å². The molecule has 0 saturated carbocycles. The number of anilines is 3. The van der Waals surface area contributed by atoms with Crippen LogP contribution in [0.4, 0.5) is 17.1 Å². The first-order chi connectivity index (χ1) is 18.8. The average molecular weight is 568 g/mol. The maximum atomic E-state index is 13.1. The predicted molar refractivity (Wildman–Crippen MR) is 153 cm³/mol. The Morgan fingerprint density at radius 2 is 1.65 bits per heavy atom. The van der Waals surface area contributed by atoms with Crippen molar-refractivity contribution >= 4 is 53.0 Å². The molecule has 6 N–H and O–H groups in total. The van der Waals surface area contributed by atoms with Gasteiger partial charge in [0.2, 0.25) is 5.91 Å². The molecule has 3 aromatic carbocycles. The summed E-state index contributed by atoms with van der Waals surface area (Å²) >= 11 is 0. The number of rotatable bonds is 10. The molecule has 11 nitrogen and oxygen atoms in total. The van der Waals surface area contributed by atoms with Crippen molar-refractivity contribution < 1.29 is 29.0 Å². The maximum Gasteiger partial charge on any atom is 0.259 e. The van der Waals surface area contributed by atoms with Crippen LogP contribution in [0.1, 0.15) is 11.1 Å². The van der Waals surface area contributed by atoms with Crippen molar-refractivity contribution in [2.75, 3.05) is 35.3 Å². The smallest absolute Gasteiger partial charge is 0.259 e. The number of morpholine rings is 1. The van der Waals surface area contributed by atoms with E-state index in [2.05, 4.69) is 10.6 Å². The van der Waals surface area contributed by atoms with Crippen LogP contribution in [-0.4, -0.2) is 60.6 Å². The second-order valence-electron chi connectivity index (χ2n) is 8.78. The molecule has 0 spiro atoms. The minimum absolute atomic E-state index is 0. The Bertz CT molecular complexity index is 1320. The van der Waals surface area contributed by atoms with E-state index in [-0.39, 0.29) is 43.9 Å². The molecule has 1 heterocycles. The molecule has 0 aliphatic carbocycles. The zero-order chi connectivity index (χ0) is 27.8. The first-order valence-corrected chi connectivity index (χ1v) is 12.2. The van der Waals surface area contributed by atoms with E-state index in [0.717, 1.165) is 5.56 Å². The molecule has 3 amide bonds. The van der Waals surface area contributed by atoms with Crippen molar-refractivity contribution in [3.63, 3.8) is 0 Å². The van der Waals surface area contributed by atoms with Crippen LogP contribution >= 0.6 is 12.4 Å². The second-order valence-corrected chi connectivity index (χ2v) is 8.78. The Morgan fingerprint density at radius 1 is 1.02 bits per heavy atom. The molecule has 4 rings (SSSR count). The Kier molecular flexibility index (Phi) is 10.7. The van der Waals surface area contributed by atoms with Gasteiger partial charge in [0.1, 0.15) is 12.4 Å². The lowest BCUT2D eigenvalue weighted by Crippen LogP contribution is -2.55. The molecule has 0 aromatic heterocycles. The van der Waals surface area contributed by atoms with Crippen molar-refractivity contribution in [1.29, 1.82) is 5.41 Å². The molecule has 210 valence electrons. The number of aliphatic hydroxyl groups excluding tert-OH is 1. The van der Waals surface area contributed by atoms with E-state index >= 15 is 0 Å². The van der Waals surface area contributed by atoms with Crippen molar-refractivity contribution in [2.45, 2.75) is 18.8 Å². The molecule has 1 aliphatic heterocycles. The largest absolute Gasteiger partial charge is 0.384 e. The highest BCUT2D eigenvalue weighted by Gasteiger charge is 2.39. The molecule has 40 heavy (non-hydrogen) atoms. The third kappa shape index (κ3) is 7.87. The number of carbonyl (C=O) groups excluding carboxylic acids is 3. The zero-order valence-corrected chi connectivity index (χ0v) is 22.2. The van der Waals surface area contributed by atoms with Gasteiger partial charge < -0.3 is 35.8 Å². The van der Waals surface area contributed by atoms with Crippen LogP contribution in [-0.2, 0) is 30.5 Å². The van der Waals surface area contributed by atoms with E-state index in [1.807, 2.05) is 30.3 Å². The Labute approximate surface area is 237 Å². The van der Waals surface area contributed by atoms with Crippen LogP contribution in [0.3, 0.4) is 0 Å². The fourth-order valence-electron chi connectivity index (χ4n) is 3.93. The Balaban J connectivity index is 0.00000441. The summed E-state index contributed by atoms with van der Waals surface area (Å²) in [4.78, 5) is 39.3. The summed E-state index contributed by atoms with van der Waals surface area (Å²) in [5.74, 6) is -1.80. The fraction of sp³-hybridized carbons (Fsp3) is 0.214. The lowest BCUT2D eigenvalue weighted by molar-refractivity contribution is -0.150. The summed E-state index contributed by atoms with van der Waals surface area (Å²) in [6, 6.07) is 22.3. The predicted octanol–water partition coefficient (Wildman–Crippen LogP) is 2.28. The highest BCUT2D eigenvalue weighted by Crippen LogP contribution is 2.23. The Morgan fingerprint density at radius 3 is 2.30 bits per heavy atom. The number of hydrogen-bond donors (Lipinski definition) is 5. The minimum Gasteiger partial charge on any atom is -0.384 e. The lowest BCUT2D eigenvalue weighted by Gasteiger charge is -2.34. The number of amidine groups is 1. The molecule has 1 unspecified atom stereocenters. The molecule has 2 atom stereocenters. The van der Waals surface area contributed by atoms with Gasteiger partial charge in [-0.05, 0) is 54.1 Å². The normalized spacial score (nSPS) is 15.5. The number of nitrogens with one attached hydrogen (secondary N) is 3. The molecule has 1 aliphatic rings. The fourth-order valence-corrected chi connectivity index (χ4v) is 3.93. The number of nitrogens with zero attached hydrogens (tertiary/aromatic N) is 1. The third-order valence-electron chi connectivity index (χ3n) is 5.95. The van der Waals surface area contributed by atoms with E-state index in [9.17, 15) is 19.5 Å². The molecule has 0 bridgehead atoms. The molecule has 1 saturated heterocycles. The number of nitrogen functional groups attached to an aromatic ring is 1. The quantitative estimate of drug-likeness (QED) is 0.185. The van der Waals surface area contributed by atoms with E-state index in [4.69, 9.17) is 20.6 Å². The van der Waals surface area contributed by atoms with Crippen LogP contribution in [0.2, 0.25) is 0 Å². The SMILES string of the molecule is Cl.N=C(N)c1ccc(NC(=O)C(O)[C@H]2OCCN(c3ccc(NC(=O)COCc4ccccc4)cc3)C2=O)cc1. The molecule has 1 fully saturated rings. The second kappa shape index (κ2) is 14.2. The van der Waals surface area contributed by atoms with Gasteiger partial charge in [0.05, 0.1) is 13.2 Å². The molecule has 0 radical (unpaired) electrons. The summed E-state index contributed by atoms with van der Waals surface area (Å²) in [5, 5.41) is 23.3. The number of nitrogens with two attached hydrogens (primary N) is 1. The molecular formula is C28H30ClN5O6. The van der Waals surface area contributed by atoms with Gasteiger partial charge in [0.25, 0.3) is 11.8 Å². The maximum absolute atomic E-state index is 13.1. The number of halogens is 1. The highest BCUT2D eigenvalue weighted by molar-refractivity contribution is 6.04. The van der Waals surface area contributed by atoms with E-state index in [0.29, 0.717) is 29.2 Å². The van der Waals surface area contributed by atoms with Gasteiger partial charge in [-0.15, -0.1) is 12.4 Å². The summed E-state index contributed by atoms with van der Waals surface area (Å²) in [5.41, 5.74) is 8.30. The van der Waals surface area contributed by atoms with Gasteiger partial charge in [0, 0.05) is 29.2 Å². The van der Waals surface area contributed by atoms with Gasteiger partial charge >= 0.3 is 0 Å².